The van der Waals surface area contributed by atoms with Gasteiger partial charge in [-0.05, 0) is 411 Å². The zero-order valence-electron chi connectivity index (χ0n) is 56.0. The summed E-state index contributed by atoms with van der Waals surface area (Å²) in [7, 11) is -0.589. The first-order chi connectivity index (χ1) is 46.8. The fraction of sp³-hybridized carbons (Fsp3) is 0.512. The van der Waals surface area contributed by atoms with Crippen molar-refractivity contribution < 1.29 is 57.0 Å². The minimum Gasteiger partial charge on any atom is -0.482 e. The third kappa shape index (κ3) is 13.7. The molecule has 12 nitrogen and oxygen atoms in total. The van der Waals surface area contributed by atoms with E-state index in [2.05, 4.69) is 148 Å². The van der Waals surface area contributed by atoms with Gasteiger partial charge in [-0.3, -0.25) is 0 Å². The van der Waals surface area contributed by atoms with Crippen LogP contribution in [-0.4, -0.2) is 54.5 Å². The Morgan fingerprint density at radius 2 is 0.598 bits per heavy atom. The van der Waals surface area contributed by atoms with Gasteiger partial charge in [0.1, 0.15) is 68.5 Å². The van der Waals surface area contributed by atoms with Crippen LogP contribution in [0.5, 0.6) is 51.7 Å². The second-order valence-corrected chi connectivity index (χ2v) is 36.6. The molecule has 12 bridgehead atoms. The molecular weight excluding hydrogens is 1690 g/mol. The van der Waals surface area contributed by atoms with Gasteiger partial charge >= 0.3 is 17.9 Å². The summed E-state index contributed by atoms with van der Waals surface area (Å²) < 4.78 is 61.2. The lowest BCUT2D eigenvalue weighted by molar-refractivity contribution is -0.212. The maximum absolute atomic E-state index is 13.6. The van der Waals surface area contributed by atoms with Crippen LogP contribution in [0.15, 0.2) is 124 Å². The van der Waals surface area contributed by atoms with E-state index in [0.717, 1.165) is 94.9 Å². The minimum absolute atomic E-state index is 0.129. The Balaban J connectivity index is 0.622. The van der Waals surface area contributed by atoms with Crippen molar-refractivity contribution in [3.05, 3.63) is 135 Å². The highest BCUT2D eigenvalue weighted by atomic mass is 127. The van der Waals surface area contributed by atoms with Crippen molar-refractivity contribution in [3.63, 3.8) is 0 Å². The molecule has 1 atom stereocenters. The van der Waals surface area contributed by atoms with E-state index in [1.165, 1.54) is 96.3 Å². The van der Waals surface area contributed by atoms with Gasteiger partial charge in [-0.2, -0.15) is 0 Å². The molecule has 0 heterocycles. The second kappa shape index (κ2) is 28.2. The van der Waals surface area contributed by atoms with E-state index in [1.54, 1.807) is 0 Å². The van der Waals surface area contributed by atoms with Crippen molar-refractivity contribution in [2.24, 2.45) is 71.0 Å². The van der Waals surface area contributed by atoms with Crippen LogP contribution in [0.25, 0.3) is 0 Å². The number of rotatable bonds is 24. The highest BCUT2D eigenvalue weighted by Gasteiger charge is 2.61. The minimum atomic E-state index is -0.589. The Hall–Kier alpha value is -4.20. The summed E-state index contributed by atoms with van der Waals surface area (Å²) in [5, 5.41) is 0. The highest BCUT2D eigenvalue weighted by Crippen LogP contribution is 2.64. The molecule has 6 aromatic carbocycles. The van der Waals surface area contributed by atoms with Gasteiger partial charge in [0, 0.05) is 0 Å². The molecule has 12 fully saturated rings. The van der Waals surface area contributed by atoms with E-state index in [-0.39, 0.29) is 54.5 Å². The molecule has 12 saturated carbocycles. The monoisotopic (exact) mass is 1780 g/mol. The lowest BCUT2D eigenvalue weighted by Crippen LogP contribution is -2.59. The maximum Gasteiger partial charge on any atom is 0.344 e. The number of carbonyl (C=O) groups excluding carboxylic acids is 3. The number of aryl methyl sites for hydroxylation is 2. The van der Waals surface area contributed by atoms with Crippen LogP contribution >= 0.6 is 90.4 Å². The SMILES string of the molecule is CCC1(OC(=O)COc2cc(I)c(Oc3ccc([S+](c4ccc(Oc5cc(I)c(OCC(=O)OC6(CC)C7CC8CC(C7)CC6C8)cc5C)cc4)c4ccc(Oc5cc(I)c(OCC(=O)OC6(CC)C7CC8CC(C7)CC6C8)cc5I)cc4)cc3)cc2C)C2CC3CC(C2)CC1C3. The van der Waals surface area contributed by atoms with Crippen LogP contribution < -0.4 is 28.4 Å². The summed E-state index contributed by atoms with van der Waals surface area (Å²) in [5.41, 5.74) is 0.662. The first-order valence-corrected chi connectivity index (χ1v) is 41.1. The Morgan fingerprint density at radius 1 is 0.351 bits per heavy atom. The Labute approximate surface area is 628 Å². The largest absolute Gasteiger partial charge is 0.482 e. The van der Waals surface area contributed by atoms with E-state index in [0.29, 0.717) is 87.3 Å². The lowest BCUT2D eigenvalue weighted by Gasteiger charge is -2.60. The number of hydrogen-bond acceptors (Lipinski definition) is 12. The van der Waals surface area contributed by atoms with Crippen molar-refractivity contribution in [2.75, 3.05) is 19.8 Å². The molecule has 0 radical (unpaired) electrons. The van der Waals surface area contributed by atoms with E-state index in [4.69, 9.17) is 42.6 Å². The first kappa shape index (κ1) is 68.6. The Bertz CT molecular complexity index is 3460. The van der Waals surface area contributed by atoms with Crippen LogP contribution in [0, 0.1) is 99.1 Å². The summed E-state index contributed by atoms with van der Waals surface area (Å²) in [6, 6.07) is 36.5. The molecule has 6 aromatic rings. The van der Waals surface area contributed by atoms with Crippen molar-refractivity contribution in [2.45, 2.75) is 182 Å². The number of hydrogen-bond donors (Lipinski definition) is 0. The zero-order valence-corrected chi connectivity index (χ0v) is 65.4. The summed E-state index contributed by atoms with van der Waals surface area (Å²) in [6.45, 7) is 10.1. The van der Waals surface area contributed by atoms with E-state index >= 15 is 0 Å². The predicted molar refractivity (Wildman–Crippen MR) is 406 cm³/mol. The van der Waals surface area contributed by atoms with Crippen LogP contribution in [0.1, 0.15) is 147 Å². The molecular formula is C80H87I4O12S+. The molecule has 512 valence electrons. The standard InChI is InChI=1S/C80H87I4O12S/c1-6-78(53-26-47-23-48(28-53)29-54(78)27-47)94-75(85)42-88-69-38-67(83)73(22-45(69)4)92-60-11-17-63(18-12-60)97(62-15-9-59(10-16-62)91-70-39-65(81)71(21-46(70)5)89-43-76(86)95-79(7-2)55-30-49-24-50(32-55)33-56(79)31-49)64-19-13-61(14-20-64)93-74-41-66(82)72(40-68(74)84)90-44-77(87)96-80(8-3)57-34-51-25-52(36-57)37-58(80)35-51/h9-22,38-41,47-58H,6-8,23-37,42-44H2,1-5H3/q+1. The Morgan fingerprint density at radius 3 is 0.938 bits per heavy atom. The number of halogens is 4. The number of esters is 3. The van der Waals surface area contributed by atoms with Crippen LogP contribution in [-0.2, 0) is 39.5 Å². The molecule has 18 rings (SSSR count). The number of ether oxygens (including phenoxy) is 9. The van der Waals surface area contributed by atoms with Gasteiger partial charge in [-0.25, -0.2) is 14.4 Å². The Kier molecular flexibility index (Phi) is 19.9. The number of benzene rings is 6. The molecule has 0 aromatic heterocycles. The summed E-state index contributed by atoms with van der Waals surface area (Å²) in [5.74, 6) is 12.7. The second-order valence-electron chi connectivity index (χ2n) is 30.0. The smallest absolute Gasteiger partial charge is 0.344 e. The molecule has 17 heteroatoms. The van der Waals surface area contributed by atoms with Gasteiger partial charge in [0.05, 0.1) is 25.2 Å². The molecule has 12 aliphatic rings. The third-order valence-electron chi connectivity index (χ3n) is 24.5. The predicted octanol–water partition coefficient (Wildman–Crippen LogP) is 20.8. The zero-order chi connectivity index (χ0) is 67.1. The van der Waals surface area contributed by atoms with Gasteiger partial charge in [-0.1, -0.05) is 20.8 Å². The maximum atomic E-state index is 13.6. The number of carbonyl (C=O) groups is 3. The normalized spacial score (nSPS) is 30.8. The quantitative estimate of drug-likeness (QED) is 0.0247. The van der Waals surface area contributed by atoms with Gasteiger partial charge in [0.15, 0.2) is 34.5 Å². The van der Waals surface area contributed by atoms with E-state index < -0.39 is 10.9 Å². The van der Waals surface area contributed by atoms with Crippen LogP contribution in [0.4, 0.5) is 0 Å². The first-order valence-electron chi connectivity index (χ1n) is 35.6. The third-order valence-corrected chi connectivity index (χ3v) is 30.1. The lowest BCUT2D eigenvalue weighted by atomic mass is 9.49. The molecule has 0 aliphatic heterocycles. The van der Waals surface area contributed by atoms with Gasteiger partial charge in [-0.15, -0.1) is 0 Å². The van der Waals surface area contributed by atoms with E-state index in [1.807, 2.05) is 86.6 Å². The molecule has 0 N–H and O–H groups in total. The molecule has 0 saturated heterocycles. The fourth-order valence-electron chi connectivity index (χ4n) is 20.7. The average Bonchev–Trinajstić information content (AvgIpc) is 0.741. The average molecular weight is 1780 g/mol. The molecule has 97 heavy (non-hydrogen) atoms. The molecule has 0 spiro atoms. The van der Waals surface area contributed by atoms with Crippen molar-refractivity contribution in [1.82, 2.24) is 0 Å². The fourth-order valence-corrected chi connectivity index (χ4v) is 25.0. The van der Waals surface area contributed by atoms with Gasteiger partial charge in [0.25, 0.3) is 0 Å². The summed E-state index contributed by atoms with van der Waals surface area (Å²) >= 11 is 9.07. The summed E-state index contributed by atoms with van der Waals surface area (Å²) in [4.78, 5) is 43.9. The van der Waals surface area contributed by atoms with Crippen LogP contribution in [0.3, 0.4) is 0 Å². The highest BCUT2D eigenvalue weighted by molar-refractivity contribution is 14.1. The van der Waals surface area contributed by atoms with Crippen molar-refractivity contribution in [3.8, 4) is 51.7 Å². The summed E-state index contributed by atoms with van der Waals surface area (Å²) in [6.07, 6.45) is 20.8. The molecule has 12 aliphatic carbocycles. The topological polar surface area (TPSA) is 134 Å². The van der Waals surface area contributed by atoms with Crippen LogP contribution in [0.2, 0.25) is 0 Å². The van der Waals surface area contributed by atoms with Crippen molar-refractivity contribution >= 4 is 119 Å². The van der Waals surface area contributed by atoms with Crippen molar-refractivity contribution in [1.29, 1.82) is 0 Å². The van der Waals surface area contributed by atoms with E-state index in [9.17, 15) is 14.4 Å². The van der Waals surface area contributed by atoms with Gasteiger partial charge in [0.2, 0.25) is 0 Å². The molecule has 0 amide bonds. The molecule has 1 unspecified atom stereocenters. The van der Waals surface area contributed by atoms with Gasteiger partial charge < -0.3 is 42.6 Å².